The number of ether oxygens (including phenoxy) is 1. The highest BCUT2D eigenvalue weighted by molar-refractivity contribution is 9.10. The predicted octanol–water partition coefficient (Wildman–Crippen LogP) is 4.35. The number of halogens is 1. The lowest BCUT2D eigenvalue weighted by molar-refractivity contribution is 0.276. The topological polar surface area (TPSA) is 46.8 Å². The van der Waals surface area contributed by atoms with Gasteiger partial charge in [-0.2, -0.15) is 0 Å². The van der Waals surface area contributed by atoms with Gasteiger partial charge in [-0.1, -0.05) is 6.92 Å². The molecule has 0 aliphatic rings. The third kappa shape index (κ3) is 3.12. The Kier molecular flexibility index (Phi) is 4.68. The zero-order valence-electron chi connectivity index (χ0n) is 13.2. The molecule has 120 valence electrons. The van der Waals surface area contributed by atoms with E-state index in [0.717, 1.165) is 44.8 Å². The molecule has 0 spiro atoms. The van der Waals surface area contributed by atoms with Gasteiger partial charge in [0.25, 0.3) is 0 Å². The molecule has 0 amide bonds. The van der Waals surface area contributed by atoms with Crippen LogP contribution in [0.25, 0.3) is 16.9 Å². The van der Waals surface area contributed by atoms with E-state index in [9.17, 15) is 5.11 Å². The molecule has 0 aliphatic carbocycles. The average Bonchev–Trinajstić information content (AvgIpc) is 2.92. The molecule has 0 saturated heterocycles. The Morgan fingerprint density at radius 3 is 2.65 bits per heavy atom. The maximum Gasteiger partial charge on any atom is 0.140 e. The summed E-state index contributed by atoms with van der Waals surface area (Å²) in [6.07, 6.45) is 2.92. The summed E-state index contributed by atoms with van der Waals surface area (Å²) in [5.74, 6) is 0.851. The van der Waals surface area contributed by atoms with Gasteiger partial charge < -0.3 is 9.84 Å². The minimum atomic E-state index is -0.0690. The Labute approximate surface area is 143 Å². The van der Waals surface area contributed by atoms with Gasteiger partial charge in [-0.05, 0) is 65.2 Å². The van der Waals surface area contributed by atoms with E-state index in [1.807, 2.05) is 47.9 Å². The molecule has 23 heavy (non-hydrogen) atoms. The monoisotopic (exact) mass is 374 g/mol. The Morgan fingerprint density at radius 2 is 2.00 bits per heavy atom. The molecule has 3 aromatic rings. The Bertz CT molecular complexity index is 825. The fourth-order valence-corrected chi connectivity index (χ4v) is 3.17. The summed E-state index contributed by atoms with van der Waals surface area (Å²) in [5, 5.41) is 9.82. The van der Waals surface area contributed by atoms with E-state index in [1.54, 1.807) is 0 Å². The van der Waals surface area contributed by atoms with E-state index in [4.69, 9.17) is 9.72 Å². The minimum absolute atomic E-state index is 0.0690. The summed E-state index contributed by atoms with van der Waals surface area (Å²) in [4.78, 5) is 4.73. The molecule has 2 aromatic heterocycles. The summed E-state index contributed by atoms with van der Waals surface area (Å²) in [6, 6.07) is 9.87. The first-order chi connectivity index (χ1) is 11.1. The number of aromatic nitrogens is 2. The fourth-order valence-electron chi connectivity index (χ4n) is 2.63. The van der Waals surface area contributed by atoms with Crippen LogP contribution in [0.15, 0.2) is 41.0 Å². The number of fused-ring (bicyclic) bond motifs is 1. The van der Waals surface area contributed by atoms with Gasteiger partial charge in [0.05, 0.1) is 24.6 Å². The van der Waals surface area contributed by atoms with Crippen LogP contribution in [0.4, 0.5) is 0 Å². The largest absolute Gasteiger partial charge is 0.494 e. The third-order valence-corrected chi connectivity index (χ3v) is 4.15. The van der Waals surface area contributed by atoms with E-state index in [1.165, 1.54) is 0 Å². The summed E-state index contributed by atoms with van der Waals surface area (Å²) in [5.41, 5.74) is 4.47. The third-order valence-electron chi connectivity index (χ3n) is 3.72. The summed E-state index contributed by atoms with van der Waals surface area (Å²) < 4.78 is 8.52. The van der Waals surface area contributed by atoms with Crippen molar-refractivity contribution in [2.24, 2.45) is 0 Å². The van der Waals surface area contributed by atoms with Crippen molar-refractivity contribution < 1.29 is 9.84 Å². The van der Waals surface area contributed by atoms with Gasteiger partial charge in [0, 0.05) is 16.2 Å². The quantitative estimate of drug-likeness (QED) is 0.721. The minimum Gasteiger partial charge on any atom is -0.494 e. The van der Waals surface area contributed by atoms with Gasteiger partial charge >= 0.3 is 0 Å². The molecule has 1 N–H and O–H groups in total. The van der Waals surface area contributed by atoms with Crippen molar-refractivity contribution in [3.8, 4) is 17.0 Å². The molecule has 0 aliphatic heterocycles. The molecular formula is C18H19BrN2O2. The second-order valence-electron chi connectivity index (χ2n) is 5.47. The van der Waals surface area contributed by atoms with Crippen LogP contribution in [0.5, 0.6) is 5.75 Å². The Hall–Kier alpha value is -1.85. The van der Waals surface area contributed by atoms with Crippen LogP contribution in [-0.4, -0.2) is 21.1 Å². The highest BCUT2D eigenvalue weighted by Gasteiger charge is 2.15. The van der Waals surface area contributed by atoms with Gasteiger partial charge in [-0.25, -0.2) is 4.98 Å². The first-order valence-corrected chi connectivity index (χ1v) is 8.44. The zero-order valence-corrected chi connectivity index (χ0v) is 14.8. The maximum absolute atomic E-state index is 9.82. The van der Waals surface area contributed by atoms with Gasteiger partial charge in [0.15, 0.2) is 0 Å². The molecule has 4 nitrogen and oxygen atoms in total. The predicted molar refractivity (Wildman–Crippen MR) is 94.8 cm³/mol. The number of pyridine rings is 1. The SMILES string of the molecule is CCCOc1ccc(-c2nc3c(C)cc(Br)cn3c2CO)cc1. The molecule has 0 atom stereocenters. The highest BCUT2D eigenvalue weighted by atomic mass is 79.9. The summed E-state index contributed by atoms with van der Waals surface area (Å²) in [6.45, 7) is 4.74. The number of imidazole rings is 1. The van der Waals surface area contributed by atoms with Crippen LogP contribution in [0.1, 0.15) is 24.6 Å². The molecule has 5 heteroatoms. The molecular weight excluding hydrogens is 356 g/mol. The highest BCUT2D eigenvalue weighted by Crippen LogP contribution is 2.29. The van der Waals surface area contributed by atoms with Gasteiger partial charge in [0.1, 0.15) is 11.4 Å². The standard InChI is InChI=1S/C18H19BrN2O2/c1-3-8-23-15-6-4-13(5-7-15)17-16(11-22)21-10-14(19)9-12(2)18(21)20-17/h4-7,9-10,22H,3,8,11H2,1-2H3. The van der Waals surface area contributed by atoms with E-state index >= 15 is 0 Å². The summed E-state index contributed by atoms with van der Waals surface area (Å²) in [7, 11) is 0. The lowest BCUT2D eigenvalue weighted by Crippen LogP contribution is -1.96. The van der Waals surface area contributed by atoms with Crippen molar-refractivity contribution in [2.75, 3.05) is 6.61 Å². The first-order valence-electron chi connectivity index (χ1n) is 7.65. The summed E-state index contributed by atoms with van der Waals surface area (Å²) >= 11 is 3.50. The van der Waals surface area contributed by atoms with E-state index < -0.39 is 0 Å². The number of benzene rings is 1. The van der Waals surface area contributed by atoms with Gasteiger partial charge in [-0.3, -0.25) is 4.40 Å². The molecule has 2 heterocycles. The lowest BCUT2D eigenvalue weighted by Gasteiger charge is -2.06. The molecule has 1 aromatic carbocycles. The molecule has 0 fully saturated rings. The van der Waals surface area contributed by atoms with Crippen molar-refractivity contribution in [3.63, 3.8) is 0 Å². The van der Waals surface area contributed by atoms with Crippen LogP contribution in [0, 0.1) is 6.92 Å². The normalized spacial score (nSPS) is 11.1. The smallest absolute Gasteiger partial charge is 0.140 e. The lowest BCUT2D eigenvalue weighted by atomic mass is 10.1. The van der Waals surface area contributed by atoms with Gasteiger partial charge in [0.2, 0.25) is 0 Å². The van der Waals surface area contributed by atoms with E-state index in [-0.39, 0.29) is 6.61 Å². The van der Waals surface area contributed by atoms with Crippen LogP contribution in [-0.2, 0) is 6.61 Å². The van der Waals surface area contributed by atoms with E-state index in [0.29, 0.717) is 6.61 Å². The van der Waals surface area contributed by atoms with Crippen LogP contribution in [0.3, 0.4) is 0 Å². The average molecular weight is 375 g/mol. The second-order valence-corrected chi connectivity index (χ2v) is 6.39. The molecule has 0 radical (unpaired) electrons. The molecule has 0 saturated carbocycles. The van der Waals surface area contributed by atoms with Crippen molar-refractivity contribution in [3.05, 3.63) is 52.3 Å². The number of hydrogen-bond donors (Lipinski definition) is 1. The molecule has 3 rings (SSSR count). The fraction of sp³-hybridized carbons (Fsp3) is 0.278. The number of rotatable bonds is 5. The van der Waals surface area contributed by atoms with E-state index in [2.05, 4.69) is 22.9 Å². The molecule has 0 unspecified atom stereocenters. The number of aryl methyl sites for hydroxylation is 1. The van der Waals surface area contributed by atoms with Crippen molar-refractivity contribution in [1.82, 2.24) is 9.38 Å². The molecule has 0 bridgehead atoms. The Balaban J connectivity index is 2.07. The number of hydrogen-bond acceptors (Lipinski definition) is 3. The first kappa shape index (κ1) is 16.0. The van der Waals surface area contributed by atoms with Crippen molar-refractivity contribution in [1.29, 1.82) is 0 Å². The van der Waals surface area contributed by atoms with Crippen molar-refractivity contribution >= 4 is 21.6 Å². The van der Waals surface area contributed by atoms with Gasteiger partial charge in [-0.15, -0.1) is 0 Å². The number of aliphatic hydroxyl groups excluding tert-OH is 1. The van der Waals surface area contributed by atoms with Crippen molar-refractivity contribution in [2.45, 2.75) is 26.9 Å². The number of aliphatic hydroxyl groups is 1. The number of nitrogens with zero attached hydrogens (tertiary/aromatic N) is 2. The van der Waals surface area contributed by atoms with Crippen LogP contribution in [0.2, 0.25) is 0 Å². The second kappa shape index (κ2) is 6.72. The Morgan fingerprint density at radius 1 is 1.26 bits per heavy atom. The van der Waals surface area contributed by atoms with Crippen LogP contribution < -0.4 is 4.74 Å². The zero-order chi connectivity index (χ0) is 16.4. The van der Waals surface area contributed by atoms with Crippen LogP contribution >= 0.6 is 15.9 Å². The maximum atomic E-state index is 9.82.